The molecule has 9 nitrogen and oxygen atoms in total. The number of carboxylic acids is 1. The van der Waals surface area contributed by atoms with E-state index in [1.807, 2.05) is 32.9 Å². The van der Waals surface area contributed by atoms with Crippen molar-refractivity contribution in [1.29, 1.82) is 0 Å². The van der Waals surface area contributed by atoms with Crippen LogP contribution in [0.1, 0.15) is 69.7 Å². The minimum absolute atomic E-state index is 0.0539. The molecule has 37 heavy (non-hydrogen) atoms. The quantitative estimate of drug-likeness (QED) is 0.340. The smallest absolute Gasteiger partial charge is 0.356 e. The fraction of sp³-hybridized carbons (Fsp3) is 0.385. The Morgan fingerprint density at radius 3 is 2.54 bits per heavy atom. The van der Waals surface area contributed by atoms with Gasteiger partial charge in [-0.1, -0.05) is 17.7 Å². The molecule has 0 amide bonds. The molecule has 4 aromatic rings. The van der Waals surface area contributed by atoms with Gasteiger partial charge in [0.05, 0.1) is 22.6 Å². The van der Waals surface area contributed by atoms with Crippen molar-refractivity contribution in [1.82, 2.24) is 24.7 Å². The second-order valence-electron chi connectivity index (χ2n) is 10.5. The Balaban J connectivity index is 1.40. The largest absolute Gasteiger partial charge is 0.476 e. The maximum atomic E-state index is 13.6. The highest BCUT2D eigenvalue weighted by Gasteiger charge is 2.72. The van der Waals surface area contributed by atoms with Crippen LogP contribution in [0.3, 0.4) is 0 Å². The van der Waals surface area contributed by atoms with Crippen molar-refractivity contribution in [2.75, 3.05) is 5.32 Å². The zero-order chi connectivity index (χ0) is 26.3. The van der Waals surface area contributed by atoms with Crippen LogP contribution in [0.5, 0.6) is 0 Å². The molecule has 2 N–H and O–H groups in total. The average Bonchev–Trinajstić information content (AvgIpc) is 3.22. The van der Waals surface area contributed by atoms with Gasteiger partial charge in [-0.2, -0.15) is 0 Å². The number of rotatable bonds is 6. The number of aromatic nitrogens is 5. The molecular formula is C26H25ClN6O3S. The predicted octanol–water partition coefficient (Wildman–Crippen LogP) is 4.69. The second-order valence-corrected chi connectivity index (χ2v) is 12.0. The zero-order valence-corrected chi connectivity index (χ0v) is 22.4. The summed E-state index contributed by atoms with van der Waals surface area (Å²) in [7, 11) is 1.80. The third-order valence-corrected chi connectivity index (χ3v) is 9.04. The Bertz CT molecular complexity index is 1660. The van der Waals surface area contributed by atoms with Crippen LogP contribution in [0.2, 0.25) is 5.15 Å². The summed E-state index contributed by atoms with van der Waals surface area (Å²) < 4.78 is 1.70. The molecule has 3 fully saturated rings. The first kappa shape index (κ1) is 24.0. The number of nitrogens with zero attached hydrogens (tertiary/aromatic N) is 5. The maximum absolute atomic E-state index is 13.6. The predicted molar refractivity (Wildman–Crippen MR) is 142 cm³/mol. The number of fused-ring (bicyclic) bond motifs is 1. The standard InChI is InChI=1S/C26H25ClN6O3S/c1-12-7-15(13(2)28-17-5-6-18(27)29-20(17)22(35)36)19-16(8-12)21(34)33(4)23(30-19)25-9-26(10-25,11-25)24-32-31-14(3)37-24/h5-8,13,28H,9-11H2,1-4H3,(H,35,36)/t13-,25?,26?/m1/s1. The van der Waals surface area contributed by atoms with Crippen LogP contribution in [0.4, 0.5) is 5.69 Å². The molecule has 3 aliphatic carbocycles. The molecule has 2 bridgehead atoms. The number of pyridine rings is 1. The van der Waals surface area contributed by atoms with E-state index in [1.54, 1.807) is 35.1 Å². The second kappa shape index (κ2) is 8.06. The fourth-order valence-corrected chi connectivity index (χ4v) is 7.17. The number of carboxylic acid groups (broad SMARTS) is 1. The van der Waals surface area contributed by atoms with Gasteiger partial charge in [0, 0.05) is 23.4 Å². The number of aryl methyl sites for hydroxylation is 2. The van der Waals surface area contributed by atoms with Crippen molar-refractivity contribution in [2.24, 2.45) is 7.05 Å². The highest BCUT2D eigenvalue weighted by molar-refractivity contribution is 7.11. The lowest BCUT2D eigenvalue weighted by atomic mass is 9.35. The number of hydrogen-bond donors (Lipinski definition) is 2. The van der Waals surface area contributed by atoms with E-state index in [-0.39, 0.29) is 33.3 Å². The minimum Gasteiger partial charge on any atom is -0.476 e. The summed E-state index contributed by atoms with van der Waals surface area (Å²) in [6.07, 6.45) is 2.73. The van der Waals surface area contributed by atoms with E-state index in [4.69, 9.17) is 16.6 Å². The third kappa shape index (κ3) is 3.57. The van der Waals surface area contributed by atoms with Gasteiger partial charge in [0.25, 0.3) is 5.56 Å². The van der Waals surface area contributed by atoms with Crippen molar-refractivity contribution in [2.45, 2.75) is 56.9 Å². The monoisotopic (exact) mass is 536 g/mol. The molecule has 190 valence electrons. The summed E-state index contributed by atoms with van der Waals surface area (Å²) >= 11 is 7.57. The van der Waals surface area contributed by atoms with E-state index < -0.39 is 5.97 Å². The van der Waals surface area contributed by atoms with Crippen LogP contribution in [-0.2, 0) is 17.9 Å². The van der Waals surface area contributed by atoms with Gasteiger partial charge in [0.1, 0.15) is 21.0 Å². The van der Waals surface area contributed by atoms with E-state index in [2.05, 4.69) is 20.5 Å². The first-order chi connectivity index (χ1) is 17.5. The van der Waals surface area contributed by atoms with Crippen LogP contribution in [0, 0.1) is 13.8 Å². The summed E-state index contributed by atoms with van der Waals surface area (Å²) in [5, 5.41) is 24.1. The molecule has 0 radical (unpaired) electrons. The van der Waals surface area contributed by atoms with Gasteiger partial charge in [0.15, 0.2) is 5.69 Å². The van der Waals surface area contributed by atoms with Gasteiger partial charge in [-0.3, -0.25) is 9.36 Å². The summed E-state index contributed by atoms with van der Waals surface area (Å²) in [6.45, 7) is 5.82. The Hall–Kier alpha value is -3.37. The number of anilines is 1. The van der Waals surface area contributed by atoms with Gasteiger partial charge in [-0.25, -0.2) is 14.8 Å². The third-order valence-electron chi connectivity index (χ3n) is 7.74. The molecule has 11 heteroatoms. The van der Waals surface area contributed by atoms with Gasteiger partial charge < -0.3 is 10.4 Å². The highest BCUT2D eigenvalue weighted by atomic mass is 35.5. The van der Waals surface area contributed by atoms with Crippen LogP contribution < -0.4 is 10.9 Å². The Labute approximate surface area is 221 Å². The van der Waals surface area contributed by atoms with Crippen LogP contribution in [0.25, 0.3) is 10.9 Å². The summed E-state index contributed by atoms with van der Waals surface area (Å²) in [6, 6.07) is 6.65. The van der Waals surface area contributed by atoms with Crippen molar-refractivity contribution in [3.8, 4) is 0 Å². The normalized spacial score (nSPS) is 22.8. The van der Waals surface area contributed by atoms with E-state index >= 15 is 0 Å². The van der Waals surface area contributed by atoms with Gasteiger partial charge in [-0.15, -0.1) is 21.5 Å². The molecule has 0 unspecified atom stereocenters. The first-order valence-electron chi connectivity index (χ1n) is 12.0. The molecule has 3 aromatic heterocycles. The van der Waals surface area contributed by atoms with E-state index in [9.17, 15) is 14.7 Å². The zero-order valence-electron chi connectivity index (χ0n) is 20.8. The van der Waals surface area contributed by atoms with E-state index in [0.29, 0.717) is 16.6 Å². The number of benzene rings is 1. The summed E-state index contributed by atoms with van der Waals surface area (Å²) in [5.74, 6) is -0.381. The number of halogens is 1. The number of nitrogens with one attached hydrogen (secondary N) is 1. The molecule has 1 atom stereocenters. The molecule has 0 saturated heterocycles. The molecule has 1 aromatic carbocycles. The fourth-order valence-electron chi connectivity index (χ4n) is 6.15. The Kier molecular flexibility index (Phi) is 5.23. The molecule has 3 aliphatic rings. The van der Waals surface area contributed by atoms with Gasteiger partial charge in [-0.05, 0) is 63.8 Å². The van der Waals surface area contributed by atoms with E-state index in [1.165, 1.54) is 0 Å². The lowest BCUT2D eigenvalue weighted by Gasteiger charge is -2.69. The van der Waals surface area contributed by atoms with Crippen molar-refractivity contribution in [3.63, 3.8) is 0 Å². The SMILES string of the molecule is Cc1cc([C@@H](C)Nc2ccc(Cl)nc2C(=O)O)c2nc(C34CC(c5nnc(C)s5)(C3)C4)n(C)c(=O)c2c1. The van der Waals surface area contributed by atoms with Crippen LogP contribution in [0.15, 0.2) is 29.1 Å². The van der Waals surface area contributed by atoms with E-state index in [0.717, 1.165) is 46.2 Å². The minimum atomic E-state index is -1.18. The Morgan fingerprint density at radius 2 is 1.89 bits per heavy atom. The molecule has 0 spiro atoms. The van der Waals surface area contributed by atoms with Crippen molar-refractivity contribution < 1.29 is 9.90 Å². The Morgan fingerprint density at radius 1 is 1.16 bits per heavy atom. The number of hydrogen-bond acceptors (Lipinski definition) is 8. The summed E-state index contributed by atoms with van der Waals surface area (Å²) in [5.41, 5.74) is 2.39. The first-order valence-corrected chi connectivity index (χ1v) is 13.2. The maximum Gasteiger partial charge on any atom is 0.356 e. The molecule has 0 aliphatic heterocycles. The van der Waals surface area contributed by atoms with Gasteiger partial charge >= 0.3 is 5.97 Å². The van der Waals surface area contributed by atoms with Gasteiger partial charge in [0.2, 0.25) is 0 Å². The van der Waals surface area contributed by atoms with Crippen molar-refractivity contribution in [3.05, 3.63) is 72.4 Å². The number of carbonyl (C=O) groups is 1. The lowest BCUT2D eigenvalue weighted by molar-refractivity contribution is -0.0781. The topological polar surface area (TPSA) is 123 Å². The van der Waals surface area contributed by atoms with Crippen molar-refractivity contribution >= 4 is 45.5 Å². The molecule has 3 saturated carbocycles. The molecule has 3 heterocycles. The van der Waals surface area contributed by atoms with Crippen LogP contribution >= 0.6 is 22.9 Å². The lowest BCUT2D eigenvalue weighted by Crippen LogP contribution is -2.68. The average molecular weight is 537 g/mol. The molecule has 7 rings (SSSR count). The summed E-state index contributed by atoms with van der Waals surface area (Å²) in [4.78, 5) is 34.4. The van der Waals surface area contributed by atoms with Crippen LogP contribution in [-0.4, -0.2) is 35.8 Å². The molecular weight excluding hydrogens is 512 g/mol. The number of aromatic carboxylic acids is 1. The highest BCUT2D eigenvalue weighted by Crippen LogP contribution is 2.73.